The molecule has 1 aliphatic heterocycles. The van der Waals surface area contributed by atoms with Crippen molar-refractivity contribution in [1.82, 2.24) is 0 Å². The first-order chi connectivity index (χ1) is 10.3. The Bertz CT molecular complexity index is 232. The molecule has 1 saturated heterocycles. The fourth-order valence-electron chi connectivity index (χ4n) is 2.33. The highest BCUT2D eigenvalue weighted by Gasteiger charge is 2.30. The molecule has 0 N–H and O–H groups in total. The Kier molecular flexibility index (Phi) is 11.8. The van der Waals surface area contributed by atoms with E-state index in [1.807, 2.05) is 0 Å². The topological polar surface area (TPSA) is 36.9 Å². The molecule has 0 aliphatic carbocycles. The van der Waals surface area contributed by atoms with Crippen LogP contribution in [0, 0.1) is 5.41 Å². The molecule has 0 aromatic heterocycles. The Balaban J connectivity index is 1.87. The molecule has 1 aliphatic rings. The molecule has 0 unspecified atom stereocenters. The molecule has 0 aromatic carbocycles. The van der Waals surface area contributed by atoms with Crippen LogP contribution in [0.1, 0.15) is 39.0 Å². The van der Waals surface area contributed by atoms with E-state index < -0.39 is 0 Å². The monoisotopic (exact) mass is 366 g/mol. The molecule has 1 rings (SSSR count). The molecule has 1 fully saturated rings. The lowest BCUT2D eigenvalue weighted by Crippen LogP contribution is -2.32. The van der Waals surface area contributed by atoms with Gasteiger partial charge in [0.15, 0.2) is 0 Å². The Morgan fingerprint density at radius 2 is 1.48 bits per heavy atom. The van der Waals surface area contributed by atoms with Gasteiger partial charge in [-0.1, -0.05) is 29.3 Å². The van der Waals surface area contributed by atoms with E-state index in [2.05, 4.69) is 22.9 Å². The zero-order valence-electron chi connectivity index (χ0n) is 13.4. The Morgan fingerprint density at radius 1 is 0.905 bits per heavy atom. The van der Waals surface area contributed by atoms with E-state index in [1.165, 1.54) is 6.42 Å². The molecule has 5 heteroatoms. The summed E-state index contributed by atoms with van der Waals surface area (Å²) >= 11 is 3.65. The van der Waals surface area contributed by atoms with Gasteiger partial charge < -0.3 is 18.9 Å². The minimum atomic E-state index is 0.367. The summed E-state index contributed by atoms with van der Waals surface area (Å²) in [5.41, 5.74) is 0.367. The molecule has 126 valence electrons. The van der Waals surface area contributed by atoms with Crippen molar-refractivity contribution in [2.24, 2.45) is 5.41 Å². The average Bonchev–Trinajstić information content (AvgIpc) is 2.53. The molecule has 0 bridgehead atoms. The van der Waals surface area contributed by atoms with Crippen LogP contribution < -0.4 is 0 Å². The smallest absolute Gasteiger partial charge is 0.0701 e. The molecule has 0 atom stereocenters. The average molecular weight is 367 g/mol. The van der Waals surface area contributed by atoms with Crippen molar-refractivity contribution >= 4 is 15.9 Å². The quantitative estimate of drug-likeness (QED) is 0.369. The standard InChI is InChI=1S/C16H31BrO4/c1-2-3-7-18-11-13-21-14-12-20-10-6-16(15-17)4-8-19-9-5-16/h2-15H2,1H3. The van der Waals surface area contributed by atoms with Gasteiger partial charge in [-0.05, 0) is 31.1 Å². The third kappa shape index (κ3) is 9.14. The first kappa shape index (κ1) is 19.4. The highest BCUT2D eigenvalue weighted by Crippen LogP contribution is 2.35. The van der Waals surface area contributed by atoms with Crippen LogP contribution in [0.5, 0.6) is 0 Å². The SMILES string of the molecule is CCCCOCCOCCOCCC1(CBr)CCOCC1. The van der Waals surface area contributed by atoms with E-state index in [-0.39, 0.29) is 0 Å². The summed E-state index contributed by atoms with van der Waals surface area (Å²) in [4.78, 5) is 0. The number of ether oxygens (including phenoxy) is 4. The molecule has 0 radical (unpaired) electrons. The summed E-state index contributed by atoms with van der Waals surface area (Å²) < 4.78 is 22.0. The van der Waals surface area contributed by atoms with Gasteiger partial charge in [-0.15, -0.1) is 0 Å². The molecule has 4 nitrogen and oxygen atoms in total. The number of rotatable bonds is 13. The van der Waals surface area contributed by atoms with Gasteiger partial charge in [0.25, 0.3) is 0 Å². The third-order valence-corrected chi connectivity index (χ3v) is 5.19. The molecular weight excluding hydrogens is 336 g/mol. The first-order valence-corrected chi connectivity index (χ1v) is 9.32. The molecule has 21 heavy (non-hydrogen) atoms. The molecule has 0 aromatic rings. The lowest BCUT2D eigenvalue weighted by Gasteiger charge is -2.35. The first-order valence-electron chi connectivity index (χ1n) is 8.20. The van der Waals surface area contributed by atoms with Gasteiger partial charge in [-0.2, -0.15) is 0 Å². The number of halogens is 1. The van der Waals surface area contributed by atoms with E-state index in [4.69, 9.17) is 18.9 Å². The molecule has 0 spiro atoms. The number of hydrogen-bond donors (Lipinski definition) is 0. The molecular formula is C16H31BrO4. The van der Waals surface area contributed by atoms with Crippen molar-refractivity contribution in [3.05, 3.63) is 0 Å². The molecule has 0 saturated carbocycles. The fraction of sp³-hybridized carbons (Fsp3) is 1.00. The van der Waals surface area contributed by atoms with Crippen molar-refractivity contribution in [3.8, 4) is 0 Å². The second-order valence-electron chi connectivity index (χ2n) is 5.69. The zero-order valence-corrected chi connectivity index (χ0v) is 15.0. The van der Waals surface area contributed by atoms with Crippen LogP contribution in [-0.4, -0.2) is 58.2 Å². The van der Waals surface area contributed by atoms with Crippen LogP contribution in [0.2, 0.25) is 0 Å². The van der Waals surface area contributed by atoms with Gasteiger partial charge in [-0.25, -0.2) is 0 Å². The van der Waals surface area contributed by atoms with Crippen LogP contribution in [0.25, 0.3) is 0 Å². The summed E-state index contributed by atoms with van der Waals surface area (Å²) in [6.45, 7) is 8.25. The number of unbranched alkanes of at least 4 members (excludes halogenated alkanes) is 1. The predicted molar refractivity (Wildman–Crippen MR) is 88.3 cm³/mol. The van der Waals surface area contributed by atoms with E-state index in [9.17, 15) is 0 Å². The van der Waals surface area contributed by atoms with E-state index >= 15 is 0 Å². The third-order valence-electron chi connectivity index (χ3n) is 4.00. The fourth-order valence-corrected chi connectivity index (χ4v) is 3.17. The lowest BCUT2D eigenvalue weighted by atomic mass is 9.80. The summed E-state index contributed by atoms with van der Waals surface area (Å²) in [6.07, 6.45) is 5.67. The normalized spacial score (nSPS) is 18.0. The summed E-state index contributed by atoms with van der Waals surface area (Å²) in [7, 11) is 0. The molecule has 0 amide bonds. The van der Waals surface area contributed by atoms with Crippen molar-refractivity contribution in [2.75, 3.05) is 58.2 Å². The van der Waals surface area contributed by atoms with E-state index in [0.717, 1.165) is 57.4 Å². The van der Waals surface area contributed by atoms with Crippen LogP contribution in [-0.2, 0) is 18.9 Å². The summed E-state index contributed by atoms with van der Waals surface area (Å²) in [5, 5.41) is 1.04. The Hall–Kier alpha value is 0.320. The van der Waals surface area contributed by atoms with Crippen LogP contribution >= 0.6 is 15.9 Å². The van der Waals surface area contributed by atoms with Gasteiger partial charge in [0.2, 0.25) is 0 Å². The van der Waals surface area contributed by atoms with Crippen LogP contribution in [0.15, 0.2) is 0 Å². The second kappa shape index (κ2) is 12.8. The lowest BCUT2D eigenvalue weighted by molar-refractivity contribution is -0.0106. The largest absolute Gasteiger partial charge is 0.381 e. The maximum absolute atomic E-state index is 5.68. The minimum Gasteiger partial charge on any atom is -0.381 e. The van der Waals surface area contributed by atoms with Crippen LogP contribution in [0.3, 0.4) is 0 Å². The van der Waals surface area contributed by atoms with Gasteiger partial charge in [0.1, 0.15) is 0 Å². The van der Waals surface area contributed by atoms with E-state index in [0.29, 0.717) is 31.8 Å². The van der Waals surface area contributed by atoms with Crippen LogP contribution in [0.4, 0.5) is 0 Å². The van der Waals surface area contributed by atoms with Gasteiger partial charge >= 0.3 is 0 Å². The molecule has 1 heterocycles. The van der Waals surface area contributed by atoms with Crippen molar-refractivity contribution in [3.63, 3.8) is 0 Å². The zero-order chi connectivity index (χ0) is 15.2. The van der Waals surface area contributed by atoms with Crippen molar-refractivity contribution < 1.29 is 18.9 Å². The van der Waals surface area contributed by atoms with E-state index in [1.54, 1.807) is 0 Å². The highest BCUT2D eigenvalue weighted by molar-refractivity contribution is 9.09. The summed E-state index contributed by atoms with van der Waals surface area (Å²) in [6, 6.07) is 0. The Labute approximate surface area is 138 Å². The highest BCUT2D eigenvalue weighted by atomic mass is 79.9. The maximum Gasteiger partial charge on any atom is 0.0701 e. The predicted octanol–water partition coefficient (Wildman–Crippen LogP) is 3.42. The van der Waals surface area contributed by atoms with Crippen molar-refractivity contribution in [2.45, 2.75) is 39.0 Å². The maximum atomic E-state index is 5.68. The minimum absolute atomic E-state index is 0.367. The summed E-state index contributed by atoms with van der Waals surface area (Å²) in [5.74, 6) is 0. The van der Waals surface area contributed by atoms with Gasteiger partial charge in [0, 0.05) is 31.8 Å². The van der Waals surface area contributed by atoms with Crippen molar-refractivity contribution in [1.29, 1.82) is 0 Å². The number of alkyl halides is 1. The van der Waals surface area contributed by atoms with Gasteiger partial charge in [0.05, 0.1) is 26.4 Å². The second-order valence-corrected chi connectivity index (χ2v) is 6.25. The number of hydrogen-bond acceptors (Lipinski definition) is 4. The van der Waals surface area contributed by atoms with Gasteiger partial charge in [-0.3, -0.25) is 0 Å². The Morgan fingerprint density at radius 3 is 2.05 bits per heavy atom.